The van der Waals surface area contributed by atoms with Gasteiger partial charge in [0.15, 0.2) is 0 Å². The Kier molecular flexibility index (Phi) is 5.77. The molecule has 8 nitrogen and oxygen atoms in total. The van der Waals surface area contributed by atoms with Crippen molar-refractivity contribution in [3.05, 3.63) is 80.2 Å². The SMILES string of the molecule is O=C(c1cccc(Cn2c(=O)[nH]c(=O)c3cc(F)ccc32)c1)N1CCN(C(=O)C2CCC2)CC1. The van der Waals surface area contributed by atoms with Gasteiger partial charge in [0.25, 0.3) is 11.5 Å². The number of halogens is 1. The molecule has 0 spiro atoms. The number of carbonyl (C=O) groups is 2. The molecule has 1 aromatic heterocycles. The van der Waals surface area contributed by atoms with Gasteiger partial charge in [-0.3, -0.25) is 23.9 Å². The molecule has 1 saturated carbocycles. The number of aromatic amines is 1. The number of fused-ring (bicyclic) bond motifs is 1. The summed E-state index contributed by atoms with van der Waals surface area (Å²) < 4.78 is 15.0. The quantitative estimate of drug-likeness (QED) is 0.639. The normalized spacial score (nSPS) is 16.5. The highest BCUT2D eigenvalue weighted by Crippen LogP contribution is 2.28. The Balaban J connectivity index is 1.33. The standard InChI is InChI=1S/C25H25FN4O4/c26-19-7-8-21-20(14-19)22(31)27-25(34)30(21)15-16-3-1-6-18(13-16)24(33)29-11-9-28(10-12-29)23(32)17-4-2-5-17/h1,3,6-8,13-14,17H,2,4-5,9-12,15H2,(H,27,31,34). The van der Waals surface area contributed by atoms with Gasteiger partial charge in [0, 0.05) is 37.7 Å². The van der Waals surface area contributed by atoms with Crippen molar-refractivity contribution < 1.29 is 14.0 Å². The zero-order valence-electron chi connectivity index (χ0n) is 18.6. The number of H-pyrrole nitrogens is 1. The van der Waals surface area contributed by atoms with Gasteiger partial charge in [-0.15, -0.1) is 0 Å². The van der Waals surface area contributed by atoms with Crippen molar-refractivity contribution in [1.29, 1.82) is 0 Å². The minimum atomic E-state index is -0.644. The van der Waals surface area contributed by atoms with Crippen molar-refractivity contribution in [3.63, 3.8) is 0 Å². The number of hydrogen-bond acceptors (Lipinski definition) is 4. The molecule has 5 rings (SSSR count). The fourth-order valence-electron chi connectivity index (χ4n) is 4.63. The van der Waals surface area contributed by atoms with Crippen molar-refractivity contribution in [2.24, 2.45) is 5.92 Å². The van der Waals surface area contributed by atoms with E-state index in [1.807, 2.05) is 4.90 Å². The van der Waals surface area contributed by atoms with Crippen molar-refractivity contribution in [2.45, 2.75) is 25.8 Å². The summed E-state index contributed by atoms with van der Waals surface area (Å²) in [4.78, 5) is 56.0. The van der Waals surface area contributed by atoms with Crippen LogP contribution in [0.5, 0.6) is 0 Å². The topological polar surface area (TPSA) is 95.5 Å². The summed E-state index contributed by atoms with van der Waals surface area (Å²) in [5.41, 5.74) is 0.260. The van der Waals surface area contributed by atoms with Crippen LogP contribution < -0.4 is 11.2 Å². The maximum absolute atomic E-state index is 13.6. The third-order valence-electron chi connectivity index (χ3n) is 6.81. The Morgan fingerprint density at radius 3 is 2.41 bits per heavy atom. The van der Waals surface area contributed by atoms with Crippen molar-refractivity contribution in [3.8, 4) is 0 Å². The van der Waals surface area contributed by atoms with Crippen LogP contribution in [0.15, 0.2) is 52.1 Å². The van der Waals surface area contributed by atoms with Gasteiger partial charge in [-0.25, -0.2) is 9.18 Å². The molecular weight excluding hydrogens is 439 g/mol. The minimum absolute atomic E-state index is 0.0844. The third-order valence-corrected chi connectivity index (χ3v) is 6.81. The highest BCUT2D eigenvalue weighted by Gasteiger charge is 2.32. The number of piperazine rings is 1. The minimum Gasteiger partial charge on any atom is -0.339 e. The van der Waals surface area contributed by atoms with Crippen LogP contribution in [-0.4, -0.2) is 57.3 Å². The molecule has 2 fully saturated rings. The van der Waals surface area contributed by atoms with E-state index >= 15 is 0 Å². The van der Waals surface area contributed by atoms with Crippen LogP contribution in [0.1, 0.15) is 35.2 Å². The van der Waals surface area contributed by atoms with Crippen LogP contribution in [0, 0.1) is 11.7 Å². The summed E-state index contributed by atoms with van der Waals surface area (Å²) in [6.07, 6.45) is 3.05. The second-order valence-corrected chi connectivity index (χ2v) is 8.95. The first-order valence-electron chi connectivity index (χ1n) is 11.5. The summed E-state index contributed by atoms with van der Waals surface area (Å²) in [7, 11) is 0. The van der Waals surface area contributed by atoms with Crippen molar-refractivity contribution >= 4 is 22.7 Å². The molecule has 1 saturated heterocycles. The zero-order valence-corrected chi connectivity index (χ0v) is 18.6. The molecular formula is C25H25FN4O4. The maximum atomic E-state index is 13.6. The highest BCUT2D eigenvalue weighted by atomic mass is 19.1. The number of carbonyl (C=O) groups excluding carboxylic acids is 2. The highest BCUT2D eigenvalue weighted by molar-refractivity contribution is 5.94. The molecule has 2 amide bonds. The second kappa shape index (κ2) is 8.89. The molecule has 2 aromatic carbocycles. The van der Waals surface area contributed by atoms with Gasteiger partial charge in [-0.2, -0.15) is 0 Å². The van der Waals surface area contributed by atoms with Gasteiger partial charge in [-0.05, 0) is 48.7 Å². The van der Waals surface area contributed by atoms with E-state index in [1.165, 1.54) is 16.7 Å². The summed E-state index contributed by atoms with van der Waals surface area (Å²) in [6, 6.07) is 10.7. The molecule has 2 aliphatic rings. The number of aromatic nitrogens is 2. The summed E-state index contributed by atoms with van der Waals surface area (Å²) in [5.74, 6) is -0.328. The number of nitrogens with one attached hydrogen (secondary N) is 1. The molecule has 0 atom stereocenters. The lowest BCUT2D eigenvalue weighted by molar-refractivity contribution is -0.139. The van der Waals surface area contributed by atoms with E-state index in [-0.39, 0.29) is 29.7 Å². The van der Waals surface area contributed by atoms with Crippen LogP contribution in [0.2, 0.25) is 0 Å². The Hall–Kier alpha value is -3.75. The van der Waals surface area contributed by atoms with E-state index in [0.717, 1.165) is 25.3 Å². The summed E-state index contributed by atoms with van der Waals surface area (Å²) >= 11 is 0. The van der Waals surface area contributed by atoms with Crippen LogP contribution >= 0.6 is 0 Å². The summed E-state index contributed by atoms with van der Waals surface area (Å²) in [5, 5.41) is 0.0844. The molecule has 2 heterocycles. The van der Waals surface area contributed by atoms with Gasteiger partial charge in [-0.1, -0.05) is 18.6 Å². The lowest BCUT2D eigenvalue weighted by Gasteiger charge is -2.38. The molecule has 176 valence electrons. The fourth-order valence-corrected chi connectivity index (χ4v) is 4.63. The average molecular weight is 464 g/mol. The molecule has 0 radical (unpaired) electrons. The first kappa shape index (κ1) is 22.1. The van der Waals surface area contributed by atoms with Crippen LogP contribution in [0.4, 0.5) is 4.39 Å². The molecule has 1 N–H and O–H groups in total. The molecule has 34 heavy (non-hydrogen) atoms. The first-order chi connectivity index (χ1) is 16.4. The van der Waals surface area contributed by atoms with Crippen molar-refractivity contribution in [2.75, 3.05) is 26.2 Å². The molecule has 1 aliphatic carbocycles. The lowest BCUT2D eigenvalue weighted by Crippen LogP contribution is -2.52. The average Bonchev–Trinajstić information content (AvgIpc) is 2.80. The Morgan fingerprint density at radius 2 is 1.71 bits per heavy atom. The van der Waals surface area contributed by atoms with E-state index in [4.69, 9.17) is 0 Å². The van der Waals surface area contributed by atoms with Gasteiger partial charge >= 0.3 is 5.69 Å². The largest absolute Gasteiger partial charge is 0.339 e. The fraction of sp³-hybridized carbons (Fsp3) is 0.360. The zero-order chi connectivity index (χ0) is 23.8. The van der Waals surface area contributed by atoms with Crippen molar-refractivity contribution in [1.82, 2.24) is 19.4 Å². The number of amides is 2. The number of nitrogens with zero attached hydrogens (tertiary/aromatic N) is 3. The van der Waals surface area contributed by atoms with Crippen LogP contribution in [-0.2, 0) is 11.3 Å². The number of rotatable bonds is 4. The van der Waals surface area contributed by atoms with Crippen LogP contribution in [0.25, 0.3) is 10.9 Å². The van der Waals surface area contributed by atoms with E-state index in [1.54, 1.807) is 29.2 Å². The van der Waals surface area contributed by atoms with Gasteiger partial charge in [0.1, 0.15) is 5.82 Å². The maximum Gasteiger partial charge on any atom is 0.329 e. The van der Waals surface area contributed by atoms with Crippen LogP contribution in [0.3, 0.4) is 0 Å². The van der Waals surface area contributed by atoms with E-state index < -0.39 is 17.1 Å². The number of benzene rings is 2. The summed E-state index contributed by atoms with van der Waals surface area (Å²) in [6.45, 7) is 2.16. The Bertz CT molecular complexity index is 1380. The molecule has 9 heteroatoms. The number of hydrogen-bond donors (Lipinski definition) is 1. The first-order valence-corrected chi connectivity index (χ1v) is 11.5. The molecule has 1 aliphatic heterocycles. The monoisotopic (exact) mass is 464 g/mol. The predicted molar refractivity (Wildman–Crippen MR) is 124 cm³/mol. The van der Waals surface area contributed by atoms with Gasteiger partial charge in [0.2, 0.25) is 5.91 Å². The van der Waals surface area contributed by atoms with E-state index in [2.05, 4.69) is 4.98 Å². The molecule has 0 unspecified atom stereocenters. The van der Waals surface area contributed by atoms with E-state index in [0.29, 0.717) is 42.8 Å². The molecule has 3 aromatic rings. The Labute approximate surface area is 194 Å². The van der Waals surface area contributed by atoms with Gasteiger partial charge in [0.05, 0.1) is 17.4 Å². The predicted octanol–water partition coefficient (Wildman–Crippen LogP) is 1.96. The molecule has 0 bridgehead atoms. The second-order valence-electron chi connectivity index (χ2n) is 8.95. The lowest BCUT2D eigenvalue weighted by atomic mass is 9.84. The smallest absolute Gasteiger partial charge is 0.329 e. The Morgan fingerprint density at radius 1 is 0.971 bits per heavy atom. The van der Waals surface area contributed by atoms with E-state index in [9.17, 15) is 23.6 Å². The third kappa shape index (κ3) is 4.13. The van der Waals surface area contributed by atoms with Gasteiger partial charge < -0.3 is 9.80 Å².